The minimum Gasteiger partial charge on any atom is -0.457 e. The van der Waals surface area contributed by atoms with Gasteiger partial charge in [0.15, 0.2) is 17.5 Å². The van der Waals surface area contributed by atoms with E-state index in [1.165, 1.54) is 28.8 Å². The number of nitrogens with zero attached hydrogens (tertiary/aromatic N) is 6. The zero-order chi connectivity index (χ0) is 69.8. The quantitative estimate of drug-likeness (QED) is 0.0587. The van der Waals surface area contributed by atoms with Crippen LogP contribution in [-0.2, 0) is 51.6 Å². The van der Waals surface area contributed by atoms with Crippen molar-refractivity contribution in [2.45, 2.75) is 32.6 Å². The summed E-state index contributed by atoms with van der Waals surface area (Å²) in [6, 6.07) is 84.1. The molecule has 0 aliphatic heterocycles. The summed E-state index contributed by atoms with van der Waals surface area (Å²) in [7, 11) is 0. The number of ether oxygens (including phenoxy) is 4. The van der Waals surface area contributed by atoms with Crippen molar-refractivity contribution in [3.63, 3.8) is 0 Å². The van der Waals surface area contributed by atoms with Crippen LogP contribution in [0.1, 0.15) is 74.8 Å². The normalized spacial score (nSPS) is 11.4. The lowest BCUT2D eigenvalue weighted by atomic mass is 9.99. The van der Waals surface area contributed by atoms with Crippen LogP contribution in [0.2, 0.25) is 0 Å². The Morgan fingerprint density at radius 2 is 0.676 bits per heavy atom. The van der Waals surface area contributed by atoms with Crippen LogP contribution < -0.4 is 0 Å². The fraction of sp³-hybridized carbons (Fsp3) is 0.0588. The van der Waals surface area contributed by atoms with E-state index in [1.807, 2.05) is 180 Å². The molecule has 0 bridgehead atoms. The van der Waals surface area contributed by atoms with Crippen molar-refractivity contribution >= 4 is 67.5 Å². The summed E-state index contributed by atoms with van der Waals surface area (Å²) in [5, 5.41) is 12.1. The van der Waals surface area contributed by atoms with E-state index in [9.17, 15) is 24.4 Å². The van der Waals surface area contributed by atoms with Gasteiger partial charge in [-0.15, -0.1) is 0 Å². The third kappa shape index (κ3) is 13.2. The molecule has 0 fully saturated rings. The van der Waals surface area contributed by atoms with Crippen LogP contribution in [0.3, 0.4) is 0 Å². The molecule has 0 unspecified atom stereocenters. The van der Waals surface area contributed by atoms with Crippen LogP contribution in [0.25, 0.3) is 100 Å². The first kappa shape index (κ1) is 64.4. The van der Waals surface area contributed by atoms with Crippen molar-refractivity contribution in [2.24, 2.45) is 0 Å². The largest absolute Gasteiger partial charge is 0.457 e. The molecule has 494 valence electrons. The average Bonchev–Trinajstić information content (AvgIpc) is 1.57. The van der Waals surface area contributed by atoms with Crippen molar-refractivity contribution in [1.82, 2.24) is 24.1 Å². The maximum absolute atomic E-state index is 15.9. The lowest BCUT2D eigenvalue weighted by Gasteiger charge is -2.18. The molecule has 3 heterocycles. The maximum Gasteiger partial charge on any atom is 0.418 e. The molecule has 3 aromatic heterocycles. The lowest BCUT2D eigenvalue weighted by Crippen LogP contribution is -2.11. The molecule has 12 aromatic carbocycles. The maximum atomic E-state index is 15.9. The van der Waals surface area contributed by atoms with Gasteiger partial charge in [-0.05, 0) is 131 Å². The number of benzene rings is 12. The number of hydrogen-bond donors (Lipinski definition) is 0. The number of halogens is 3. The van der Waals surface area contributed by atoms with Crippen LogP contribution in [0, 0.1) is 11.3 Å². The first-order chi connectivity index (χ1) is 49.8. The van der Waals surface area contributed by atoms with E-state index in [0.717, 1.165) is 28.3 Å². The van der Waals surface area contributed by atoms with Gasteiger partial charge in [0.2, 0.25) is 0 Å². The number of fused-ring (bicyclic) bond motifs is 6. The van der Waals surface area contributed by atoms with E-state index in [1.54, 1.807) is 78.9 Å². The number of esters is 4. The minimum atomic E-state index is -4.93. The lowest BCUT2D eigenvalue weighted by molar-refractivity contribution is -0.137. The predicted octanol–water partition coefficient (Wildman–Crippen LogP) is 19.1. The fourth-order valence-electron chi connectivity index (χ4n) is 12.6. The molecular weight excluding hydrogens is 1290 g/mol. The predicted molar refractivity (Wildman–Crippen MR) is 382 cm³/mol. The molecule has 14 nitrogen and oxygen atoms in total. The summed E-state index contributed by atoms with van der Waals surface area (Å²) in [5.74, 6) is -2.19. The van der Waals surface area contributed by atoms with Crippen molar-refractivity contribution in [2.75, 3.05) is 0 Å². The topological polar surface area (TPSA) is 178 Å². The molecule has 17 heteroatoms. The van der Waals surface area contributed by atoms with Gasteiger partial charge in [-0.25, -0.2) is 34.1 Å². The Hall–Kier alpha value is -13.6. The molecule has 0 saturated carbocycles. The van der Waals surface area contributed by atoms with Gasteiger partial charge in [0.25, 0.3) is 0 Å². The molecule has 102 heavy (non-hydrogen) atoms. The second-order valence-electron chi connectivity index (χ2n) is 24.2. The third-order valence-electron chi connectivity index (χ3n) is 17.6. The highest BCUT2D eigenvalue weighted by Gasteiger charge is 2.36. The van der Waals surface area contributed by atoms with Gasteiger partial charge in [-0.3, -0.25) is 0 Å². The SMILES string of the molecule is N#Cc1cccc(-c2ccc(-c3nc(-c4ccccc4)nc(-c4ccc(C(F)(F)F)c(-n5c6ccc(C(=O)OCc7ccccc7)cc6c6cc(C(=O)OCc7ccccc7)ccc65)c4)n3)cc2-n2c3ccc(C(=O)OCc4ccccc4)cc3c3cc(C(=O)OCc4ccccc4)ccc32)c1. The van der Waals surface area contributed by atoms with E-state index in [4.69, 9.17) is 33.9 Å². The van der Waals surface area contributed by atoms with E-state index >= 15 is 13.2 Å². The second kappa shape index (κ2) is 27.7. The Morgan fingerprint density at radius 1 is 0.343 bits per heavy atom. The number of carbonyl (C=O) groups is 4. The summed E-state index contributed by atoms with van der Waals surface area (Å²) in [5.41, 5.74) is 7.65. The number of aromatic nitrogens is 5. The minimum absolute atomic E-state index is 0.00376. The summed E-state index contributed by atoms with van der Waals surface area (Å²) in [4.78, 5) is 71.0. The highest BCUT2D eigenvalue weighted by atomic mass is 19.4. The standard InChI is InChI=1S/C85H55F3N6O8/c86-85(87,88)71-36-30-61(47-77(71)94-74-39-33-64(83(97)101-51-55-21-10-3-11-22-55)44-69(74)70-45-65(34-40-75(70)94)84(98)102-52-56-23-12-4-13-24-56)80-91-78(58-26-14-5-15-27-58)90-79(92-80)60-29-35-66(59-28-16-25-57(41-59)48-89)76(46-60)93-72-37-31-62(81(95)99-49-53-17-6-1-7-18-53)42-67(72)68-43-63(32-38-73(68)93)82(96)100-50-54-19-8-2-9-20-54/h1-47H,49-52H2. The smallest absolute Gasteiger partial charge is 0.418 e. The van der Waals surface area contributed by atoms with Crippen LogP contribution in [0.15, 0.2) is 285 Å². The molecule has 0 saturated heterocycles. The van der Waals surface area contributed by atoms with Crippen molar-refractivity contribution in [3.8, 4) is 62.7 Å². The summed E-state index contributed by atoms with van der Waals surface area (Å²) in [6.07, 6.45) is -4.93. The molecular formula is C85H55F3N6O8. The molecule has 0 N–H and O–H groups in total. The van der Waals surface area contributed by atoms with Crippen molar-refractivity contribution < 1.29 is 51.3 Å². The monoisotopic (exact) mass is 1340 g/mol. The molecule has 15 rings (SSSR count). The second-order valence-corrected chi connectivity index (χ2v) is 24.2. The zero-order valence-electron chi connectivity index (χ0n) is 54.0. The summed E-state index contributed by atoms with van der Waals surface area (Å²) in [6.45, 7) is -0.0254. The van der Waals surface area contributed by atoms with E-state index in [-0.39, 0.29) is 88.4 Å². The molecule has 0 aliphatic carbocycles. The Balaban J connectivity index is 0.893. The first-order valence-corrected chi connectivity index (χ1v) is 32.5. The molecule has 0 radical (unpaired) electrons. The Kier molecular flexibility index (Phi) is 17.5. The van der Waals surface area contributed by atoms with Gasteiger partial charge in [0, 0.05) is 43.8 Å². The number of carbonyl (C=O) groups excluding carboxylic acids is 4. The van der Waals surface area contributed by atoms with Crippen LogP contribution >= 0.6 is 0 Å². The number of alkyl halides is 3. The molecule has 15 aromatic rings. The molecule has 0 aliphatic rings. The van der Waals surface area contributed by atoms with E-state index in [2.05, 4.69) is 6.07 Å². The van der Waals surface area contributed by atoms with Gasteiger partial charge in [0.1, 0.15) is 26.4 Å². The Morgan fingerprint density at radius 3 is 1.05 bits per heavy atom. The van der Waals surface area contributed by atoms with Crippen LogP contribution in [0.4, 0.5) is 13.2 Å². The molecule has 0 amide bonds. The molecule has 0 spiro atoms. The highest BCUT2D eigenvalue weighted by molar-refractivity contribution is 6.15. The Labute approximate surface area is 581 Å². The average molecular weight is 1350 g/mol. The fourth-order valence-corrected chi connectivity index (χ4v) is 12.6. The van der Waals surface area contributed by atoms with Gasteiger partial charge >= 0.3 is 30.1 Å². The van der Waals surface area contributed by atoms with Gasteiger partial charge in [-0.1, -0.05) is 182 Å². The summed E-state index contributed by atoms with van der Waals surface area (Å²) < 4.78 is 74.4. The van der Waals surface area contributed by atoms with Gasteiger partial charge in [0.05, 0.1) is 72.9 Å². The first-order valence-electron chi connectivity index (χ1n) is 32.5. The molecule has 0 atom stereocenters. The van der Waals surface area contributed by atoms with Crippen molar-refractivity contribution in [3.05, 3.63) is 341 Å². The van der Waals surface area contributed by atoms with Crippen LogP contribution in [0.5, 0.6) is 0 Å². The Bertz CT molecular complexity index is 5580. The van der Waals surface area contributed by atoms with E-state index in [0.29, 0.717) is 66.1 Å². The highest BCUT2D eigenvalue weighted by Crippen LogP contribution is 2.43. The summed E-state index contributed by atoms with van der Waals surface area (Å²) >= 11 is 0. The van der Waals surface area contributed by atoms with Crippen LogP contribution in [-0.4, -0.2) is 48.0 Å². The van der Waals surface area contributed by atoms with Gasteiger partial charge in [-0.2, -0.15) is 18.4 Å². The van der Waals surface area contributed by atoms with Crippen molar-refractivity contribution in [1.29, 1.82) is 5.26 Å². The van der Waals surface area contributed by atoms with E-state index < -0.39 is 35.6 Å². The number of nitriles is 1. The van der Waals surface area contributed by atoms with Gasteiger partial charge < -0.3 is 28.1 Å². The number of hydrogen-bond acceptors (Lipinski definition) is 12. The zero-order valence-corrected chi connectivity index (χ0v) is 54.0. The number of rotatable bonds is 18. The third-order valence-corrected chi connectivity index (χ3v) is 17.6.